The molecule has 4 heteroatoms. The molecule has 0 amide bonds. The minimum Gasteiger partial charge on any atom is -0.507 e. The predicted octanol–water partition coefficient (Wildman–Crippen LogP) is 3.72. The fourth-order valence-electron chi connectivity index (χ4n) is 1.98. The molecule has 0 aliphatic rings. The zero-order valence-corrected chi connectivity index (χ0v) is 10.8. The molecule has 0 aliphatic carbocycles. The summed E-state index contributed by atoms with van der Waals surface area (Å²) in [6.07, 6.45) is 0. The number of nitrogens with zero attached hydrogens (tertiary/aromatic N) is 2. The van der Waals surface area contributed by atoms with Crippen molar-refractivity contribution in [2.45, 2.75) is 19.8 Å². The maximum atomic E-state index is 10.1. The molecule has 0 spiro atoms. The molecule has 0 unspecified atom stereocenters. The van der Waals surface area contributed by atoms with Gasteiger partial charge < -0.3 is 9.63 Å². The van der Waals surface area contributed by atoms with Crippen molar-refractivity contribution in [2.24, 2.45) is 0 Å². The molecule has 0 atom stereocenters. The summed E-state index contributed by atoms with van der Waals surface area (Å²) >= 11 is 0. The highest BCUT2D eigenvalue weighted by molar-refractivity contribution is 5.89. The van der Waals surface area contributed by atoms with Crippen LogP contribution in [-0.4, -0.2) is 15.2 Å². The number of rotatable bonds is 2. The monoisotopic (exact) mass is 254 g/mol. The van der Waals surface area contributed by atoms with Gasteiger partial charge in [0.25, 0.3) is 5.89 Å². The van der Waals surface area contributed by atoms with Gasteiger partial charge in [-0.3, -0.25) is 0 Å². The number of phenolic OH excluding ortho intramolecular Hbond substituents is 1. The normalized spacial score (nSPS) is 11.3. The fourth-order valence-corrected chi connectivity index (χ4v) is 1.98. The maximum Gasteiger partial charge on any atom is 0.261 e. The van der Waals surface area contributed by atoms with Gasteiger partial charge in [0.15, 0.2) is 5.82 Å². The van der Waals surface area contributed by atoms with Crippen molar-refractivity contribution >= 4 is 10.8 Å². The summed E-state index contributed by atoms with van der Waals surface area (Å²) in [4.78, 5) is 4.31. The van der Waals surface area contributed by atoms with Gasteiger partial charge in [-0.05, 0) is 22.9 Å². The lowest BCUT2D eigenvalue weighted by molar-refractivity contribution is 0.414. The first-order valence-electron chi connectivity index (χ1n) is 6.21. The zero-order chi connectivity index (χ0) is 13.4. The van der Waals surface area contributed by atoms with E-state index in [4.69, 9.17) is 4.52 Å². The number of phenols is 1. The third kappa shape index (κ3) is 2.05. The van der Waals surface area contributed by atoms with E-state index >= 15 is 0 Å². The van der Waals surface area contributed by atoms with Crippen molar-refractivity contribution in [3.63, 3.8) is 0 Å². The van der Waals surface area contributed by atoms with Gasteiger partial charge in [0, 0.05) is 5.92 Å². The van der Waals surface area contributed by atoms with Crippen molar-refractivity contribution in [3.05, 3.63) is 42.2 Å². The Bertz CT molecular complexity index is 732. The van der Waals surface area contributed by atoms with E-state index in [1.165, 1.54) is 0 Å². The highest BCUT2D eigenvalue weighted by atomic mass is 16.5. The van der Waals surface area contributed by atoms with E-state index in [1.54, 1.807) is 6.07 Å². The molecule has 96 valence electrons. The van der Waals surface area contributed by atoms with Crippen molar-refractivity contribution in [2.75, 3.05) is 0 Å². The predicted molar refractivity (Wildman–Crippen MR) is 73.0 cm³/mol. The molecule has 4 nitrogen and oxygen atoms in total. The van der Waals surface area contributed by atoms with Gasteiger partial charge in [0.1, 0.15) is 5.75 Å². The largest absolute Gasteiger partial charge is 0.507 e. The topological polar surface area (TPSA) is 59.2 Å². The molecular formula is C15H14N2O2. The highest BCUT2D eigenvalue weighted by Crippen LogP contribution is 2.32. The smallest absolute Gasteiger partial charge is 0.261 e. The van der Waals surface area contributed by atoms with Crippen LogP contribution < -0.4 is 0 Å². The SMILES string of the molecule is CC(C)c1noc(-c2cc3ccccc3cc2O)n1. The second-order valence-corrected chi connectivity index (χ2v) is 4.83. The Morgan fingerprint density at radius 3 is 2.42 bits per heavy atom. The zero-order valence-electron chi connectivity index (χ0n) is 10.8. The van der Waals surface area contributed by atoms with Crippen LogP contribution in [0.2, 0.25) is 0 Å². The van der Waals surface area contributed by atoms with Crippen LogP contribution in [0.4, 0.5) is 0 Å². The Morgan fingerprint density at radius 2 is 1.79 bits per heavy atom. The molecule has 1 N–H and O–H groups in total. The van der Waals surface area contributed by atoms with Gasteiger partial charge in [0.05, 0.1) is 5.56 Å². The minimum absolute atomic E-state index is 0.151. The summed E-state index contributed by atoms with van der Waals surface area (Å²) < 4.78 is 5.22. The van der Waals surface area contributed by atoms with E-state index in [0.717, 1.165) is 10.8 Å². The van der Waals surface area contributed by atoms with Crippen LogP contribution >= 0.6 is 0 Å². The summed E-state index contributed by atoms with van der Waals surface area (Å²) in [5.41, 5.74) is 0.568. The minimum atomic E-state index is 0.151. The first-order chi connectivity index (χ1) is 9.15. The molecule has 3 rings (SSSR count). The Kier molecular flexibility index (Phi) is 2.71. The third-order valence-corrected chi connectivity index (χ3v) is 3.05. The lowest BCUT2D eigenvalue weighted by Crippen LogP contribution is -1.89. The highest BCUT2D eigenvalue weighted by Gasteiger charge is 2.15. The lowest BCUT2D eigenvalue weighted by Gasteiger charge is -2.03. The molecule has 0 radical (unpaired) electrons. The second-order valence-electron chi connectivity index (χ2n) is 4.83. The average molecular weight is 254 g/mol. The second kappa shape index (κ2) is 4.39. The first kappa shape index (κ1) is 11.7. The number of aromatic hydroxyl groups is 1. The molecule has 3 aromatic rings. The number of hydrogen-bond donors (Lipinski definition) is 1. The molecule has 1 heterocycles. The summed E-state index contributed by atoms with van der Waals surface area (Å²) in [5.74, 6) is 1.34. The molecular weight excluding hydrogens is 240 g/mol. The third-order valence-electron chi connectivity index (χ3n) is 3.05. The van der Waals surface area contributed by atoms with E-state index in [9.17, 15) is 5.11 Å². The number of benzene rings is 2. The van der Waals surface area contributed by atoms with Crippen LogP contribution in [0.3, 0.4) is 0 Å². The summed E-state index contributed by atoms with van der Waals surface area (Å²) in [6.45, 7) is 3.99. The van der Waals surface area contributed by atoms with Gasteiger partial charge in [0.2, 0.25) is 0 Å². The summed E-state index contributed by atoms with van der Waals surface area (Å²) in [6, 6.07) is 11.4. The molecule has 0 fully saturated rings. The number of hydrogen-bond acceptors (Lipinski definition) is 4. The van der Waals surface area contributed by atoms with E-state index in [-0.39, 0.29) is 11.7 Å². The van der Waals surface area contributed by atoms with Crippen LogP contribution in [0.5, 0.6) is 5.75 Å². The van der Waals surface area contributed by atoms with Crippen molar-refractivity contribution in [3.8, 4) is 17.2 Å². The van der Waals surface area contributed by atoms with Crippen LogP contribution in [0.1, 0.15) is 25.6 Å². The summed E-state index contributed by atoms with van der Waals surface area (Å²) in [7, 11) is 0. The lowest BCUT2D eigenvalue weighted by atomic mass is 10.1. The molecule has 0 saturated heterocycles. The Balaban J connectivity index is 2.15. The molecule has 0 aliphatic heterocycles. The Hall–Kier alpha value is -2.36. The summed E-state index contributed by atoms with van der Waals surface area (Å²) in [5, 5.41) is 16.0. The molecule has 1 aromatic heterocycles. The van der Waals surface area contributed by atoms with Gasteiger partial charge >= 0.3 is 0 Å². The van der Waals surface area contributed by atoms with Crippen molar-refractivity contribution in [1.82, 2.24) is 10.1 Å². The molecule has 0 saturated carbocycles. The number of aromatic nitrogens is 2. The maximum absolute atomic E-state index is 10.1. The molecule has 2 aromatic carbocycles. The van der Waals surface area contributed by atoms with Crippen LogP contribution in [-0.2, 0) is 0 Å². The van der Waals surface area contributed by atoms with Crippen molar-refractivity contribution in [1.29, 1.82) is 0 Å². The average Bonchev–Trinajstić information content (AvgIpc) is 2.87. The first-order valence-corrected chi connectivity index (χ1v) is 6.21. The number of fused-ring (bicyclic) bond motifs is 1. The molecule has 0 bridgehead atoms. The van der Waals surface area contributed by atoms with Crippen LogP contribution in [0, 0.1) is 0 Å². The van der Waals surface area contributed by atoms with E-state index in [0.29, 0.717) is 17.3 Å². The van der Waals surface area contributed by atoms with Crippen molar-refractivity contribution < 1.29 is 9.63 Å². The van der Waals surface area contributed by atoms with E-state index in [2.05, 4.69) is 10.1 Å². The van der Waals surface area contributed by atoms with Gasteiger partial charge in [-0.1, -0.05) is 43.3 Å². The Labute approximate surface area is 110 Å². The van der Waals surface area contributed by atoms with Gasteiger partial charge in [-0.25, -0.2) is 0 Å². The van der Waals surface area contributed by atoms with Crippen LogP contribution in [0.25, 0.3) is 22.2 Å². The van der Waals surface area contributed by atoms with E-state index in [1.807, 2.05) is 44.2 Å². The van der Waals surface area contributed by atoms with Crippen LogP contribution in [0.15, 0.2) is 40.9 Å². The van der Waals surface area contributed by atoms with E-state index < -0.39 is 0 Å². The van der Waals surface area contributed by atoms with Gasteiger partial charge in [-0.2, -0.15) is 4.98 Å². The Morgan fingerprint density at radius 1 is 1.11 bits per heavy atom. The van der Waals surface area contributed by atoms with Gasteiger partial charge in [-0.15, -0.1) is 0 Å². The molecule has 19 heavy (non-hydrogen) atoms. The fraction of sp³-hybridized carbons (Fsp3) is 0.200. The quantitative estimate of drug-likeness (QED) is 0.757. The standard InChI is InChI=1S/C15H14N2O2/c1-9(2)14-16-15(19-17-14)12-7-10-5-3-4-6-11(10)8-13(12)18/h3-9,18H,1-2H3.